The number of carbonyl (C=O) groups is 2. The third kappa shape index (κ3) is 6.28. The van der Waals surface area contributed by atoms with Crippen LogP contribution in [0.15, 0.2) is 60.8 Å². The summed E-state index contributed by atoms with van der Waals surface area (Å²) in [4.78, 5) is 27.7. The Morgan fingerprint density at radius 2 is 1.41 bits per heavy atom. The van der Waals surface area contributed by atoms with Gasteiger partial charge in [0.15, 0.2) is 0 Å². The van der Waals surface area contributed by atoms with Gasteiger partial charge < -0.3 is 20.7 Å². The van der Waals surface area contributed by atoms with E-state index in [4.69, 9.17) is 4.74 Å². The summed E-state index contributed by atoms with van der Waals surface area (Å²) in [6, 6.07) is 6.39. The second kappa shape index (κ2) is 11.1. The number of nitrogens with one attached hydrogen (secondary N) is 3. The van der Waals surface area contributed by atoms with Gasteiger partial charge in [0.25, 0.3) is 5.91 Å². The molecular weight excluding hydrogens is 582 g/mol. The van der Waals surface area contributed by atoms with E-state index in [9.17, 15) is 53.5 Å². The molecule has 0 aliphatic carbocycles. The third-order valence-corrected chi connectivity index (χ3v) is 5.26. The summed E-state index contributed by atoms with van der Waals surface area (Å²) in [6.07, 6.45) is -5.72. The number of hydrogen-bond acceptors (Lipinski definition) is 4. The Bertz CT molecular complexity index is 1430. The van der Waals surface area contributed by atoms with Crippen molar-refractivity contribution in [3.8, 4) is 11.5 Å². The van der Waals surface area contributed by atoms with Gasteiger partial charge in [0.05, 0.1) is 5.69 Å². The monoisotopic (exact) mass is 598 g/mol. The first-order chi connectivity index (χ1) is 18.9. The molecule has 3 rings (SSSR count). The standard InChI is InChI=1S/C24H16F10N4O3/c1-35-19(39)18-11-15(8-9-36-18)41-14-5-3-13(4-6-14)37-20(40)38-17-10-12(2-7-16(17)25)21(26,27)22(28,29)23(30,31)24(32,33)34/h2-11H,1H3,(H,35,39)(H2,37,38,40). The molecule has 3 N–H and O–H groups in total. The summed E-state index contributed by atoms with van der Waals surface area (Å²) in [5, 5.41) is 6.19. The molecule has 3 aromatic rings. The normalized spacial score (nSPS) is 12.5. The molecule has 0 unspecified atom stereocenters. The van der Waals surface area contributed by atoms with Crippen LogP contribution in [-0.2, 0) is 5.92 Å². The van der Waals surface area contributed by atoms with E-state index in [1.807, 2.05) is 0 Å². The minimum atomic E-state index is -7.15. The van der Waals surface area contributed by atoms with Gasteiger partial charge in [0, 0.05) is 30.6 Å². The topological polar surface area (TPSA) is 92.4 Å². The molecule has 0 aliphatic heterocycles. The number of amides is 3. The Balaban J connectivity index is 1.73. The second-order valence-corrected chi connectivity index (χ2v) is 8.08. The maximum absolute atomic E-state index is 14.2. The van der Waals surface area contributed by atoms with Crippen molar-refractivity contribution in [2.24, 2.45) is 0 Å². The lowest BCUT2D eigenvalue weighted by molar-refractivity contribution is -0.399. The zero-order valence-corrected chi connectivity index (χ0v) is 20.2. The molecule has 3 amide bonds. The molecule has 0 fully saturated rings. The molecule has 0 saturated carbocycles. The number of benzene rings is 2. The minimum Gasteiger partial charge on any atom is -0.457 e. The summed E-state index contributed by atoms with van der Waals surface area (Å²) in [6.45, 7) is 0. The van der Waals surface area contributed by atoms with E-state index in [0.29, 0.717) is 0 Å². The van der Waals surface area contributed by atoms with Crippen LogP contribution in [0.1, 0.15) is 16.1 Å². The van der Waals surface area contributed by atoms with Crippen molar-refractivity contribution < 1.29 is 58.2 Å². The molecular formula is C24H16F10N4O3. The maximum atomic E-state index is 14.2. The molecule has 220 valence electrons. The van der Waals surface area contributed by atoms with E-state index in [0.717, 1.165) is 0 Å². The van der Waals surface area contributed by atoms with Crippen LogP contribution in [0.3, 0.4) is 0 Å². The van der Waals surface area contributed by atoms with Gasteiger partial charge in [0.2, 0.25) is 0 Å². The Morgan fingerprint density at radius 3 is 2.00 bits per heavy atom. The largest absolute Gasteiger partial charge is 0.460 e. The van der Waals surface area contributed by atoms with E-state index in [-0.39, 0.29) is 41.1 Å². The highest BCUT2D eigenvalue weighted by Crippen LogP contribution is 2.56. The summed E-state index contributed by atoms with van der Waals surface area (Å²) in [5.74, 6) is -21.8. The van der Waals surface area contributed by atoms with Gasteiger partial charge in [-0.15, -0.1) is 0 Å². The van der Waals surface area contributed by atoms with Crippen molar-refractivity contribution in [3.63, 3.8) is 0 Å². The van der Waals surface area contributed by atoms with Crippen LogP contribution in [0.4, 0.5) is 60.1 Å². The number of ether oxygens (including phenoxy) is 1. The van der Waals surface area contributed by atoms with Crippen LogP contribution in [0.5, 0.6) is 11.5 Å². The van der Waals surface area contributed by atoms with Gasteiger partial charge >= 0.3 is 30.0 Å². The Hall–Kier alpha value is -4.57. The fourth-order valence-electron chi connectivity index (χ4n) is 3.13. The number of aromatic nitrogens is 1. The summed E-state index contributed by atoms with van der Waals surface area (Å²) in [7, 11) is 1.40. The molecule has 0 bridgehead atoms. The lowest BCUT2D eigenvalue weighted by atomic mass is 9.96. The Kier molecular flexibility index (Phi) is 8.41. The Morgan fingerprint density at radius 1 is 0.780 bits per heavy atom. The van der Waals surface area contributed by atoms with E-state index < -0.39 is 53.0 Å². The molecule has 0 atom stereocenters. The van der Waals surface area contributed by atoms with Crippen LogP contribution in [0, 0.1) is 5.82 Å². The van der Waals surface area contributed by atoms with E-state index >= 15 is 0 Å². The predicted octanol–water partition coefficient (Wildman–Crippen LogP) is 6.94. The van der Waals surface area contributed by atoms with Gasteiger partial charge in [-0.2, -0.15) is 39.5 Å². The van der Waals surface area contributed by atoms with Crippen LogP contribution in [0.2, 0.25) is 0 Å². The number of halogens is 10. The maximum Gasteiger partial charge on any atom is 0.460 e. The number of alkyl halides is 9. The van der Waals surface area contributed by atoms with Gasteiger partial charge in [-0.3, -0.25) is 9.78 Å². The number of hydrogen-bond donors (Lipinski definition) is 3. The van der Waals surface area contributed by atoms with Crippen LogP contribution < -0.4 is 20.7 Å². The summed E-state index contributed by atoms with van der Waals surface area (Å²) in [5.41, 5.74) is -3.28. The highest BCUT2D eigenvalue weighted by molar-refractivity contribution is 6.00. The highest BCUT2D eigenvalue weighted by atomic mass is 19.4. The second-order valence-electron chi connectivity index (χ2n) is 8.08. The lowest BCUT2D eigenvalue weighted by Gasteiger charge is -2.34. The molecule has 0 spiro atoms. The third-order valence-electron chi connectivity index (χ3n) is 5.26. The zero-order valence-electron chi connectivity index (χ0n) is 20.2. The quantitative estimate of drug-likeness (QED) is 0.245. The molecule has 2 aromatic carbocycles. The summed E-state index contributed by atoms with van der Waals surface area (Å²) >= 11 is 0. The fraction of sp³-hybridized carbons (Fsp3) is 0.208. The van der Waals surface area contributed by atoms with Crippen molar-refractivity contribution >= 4 is 23.3 Å². The van der Waals surface area contributed by atoms with Crippen molar-refractivity contribution in [1.82, 2.24) is 10.3 Å². The van der Waals surface area contributed by atoms with Crippen LogP contribution in [0.25, 0.3) is 0 Å². The fourth-order valence-corrected chi connectivity index (χ4v) is 3.13. The first kappa shape index (κ1) is 31.0. The first-order valence-corrected chi connectivity index (χ1v) is 10.9. The number of nitrogens with zero attached hydrogens (tertiary/aromatic N) is 1. The molecule has 41 heavy (non-hydrogen) atoms. The zero-order chi connectivity index (χ0) is 30.8. The van der Waals surface area contributed by atoms with Crippen LogP contribution >= 0.6 is 0 Å². The average molecular weight is 598 g/mol. The molecule has 0 aliphatic rings. The van der Waals surface area contributed by atoms with Crippen molar-refractivity contribution in [2.45, 2.75) is 23.9 Å². The SMILES string of the molecule is CNC(=O)c1cc(Oc2ccc(NC(=O)Nc3cc(C(F)(F)C(F)(F)C(F)(F)C(F)(F)F)ccc3F)cc2)ccn1. The molecule has 1 aromatic heterocycles. The number of pyridine rings is 1. The van der Waals surface area contributed by atoms with Gasteiger partial charge in [-0.25, -0.2) is 9.18 Å². The highest BCUT2D eigenvalue weighted by Gasteiger charge is 2.82. The van der Waals surface area contributed by atoms with E-state index in [2.05, 4.69) is 15.6 Å². The van der Waals surface area contributed by atoms with Gasteiger partial charge in [-0.1, -0.05) is 0 Å². The minimum absolute atomic E-state index is 0.00822. The first-order valence-electron chi connectivity index (χ1n) is 10.9. The predicted molar refractivity (Wildman–Crippen MR) is 123 cm³/mol. The summed E-state index contributed by atoms with van der Waals surface area (Å²) < 4.78 is 139. The molecule has 17 heteroatoms. The number of urea groups is 1. The van der Waals surface area contributed by atoms with E-state index in [1.54, 1.807) is 5.32 Å². The van der Waals surface area contributed by atoms with Crippen molar-refractivity contribution in [3.05, 3.63) is 77.9 Å². The molecule has 0 radical (unpaired) electrons. The lowest BCUT2D eigenvalue weighted by Crippen LogP contribution is -2.59. The smallest absolute Gasteiger partial charge is 0.457 e. The number of anilines is 2. The van der Waals surface area contributed by atoms with E-state index in [1.165, 1.54) is 49.6 Å². The van der Waals surface area contributed by atoms with Gasteiger partial charge in [-0.05, 0) is 48.5 Å². The molecule has 7 nitrogen and oxygen atoms in total. The van der Waals surface area contributed by atoms with Crippen molar-refractivity contribution in [1.29, 1.82) is 0 Å². The molecule has 0 saturated heterocycles. The number of rotatable bonds is 8. The van der Waals surface area contributed by atoms with Crippen molar-refractivity contribution in [2.75, 3.05) is 17.7 Å². The van der Waals surface area contributed by atoms with Crippen LogP contribution in [-0.4, -0.2) is 42.0 Å². The molecule has 1 heterocycles. The van der Waals surface area contributed by atoms with Gasteiger partial charge in [0.1, 0.15) is 23.0 Å². The number of carbonyl (C=O) groups excluding carboxylic acids is 2. The Labute approximate surface area is 223 Å². The average Bonchev–Trinajstić information content (AvgIpc) is 2.89.